The van der Waals surface area contributed by atoms with Gasteiger partial charge in [0.15, 0.2) is 0 Å². The second-order valence-corrected chi connectivity index (χ2v) is 17.7. The first kappa shape index (κ1) is 29.0. The first-order valence-electron chi connectivity index (χ1n) is 13.3. The third-order valence-corrected chi connectivity index (χ3v) is 12.4. The summed E-state index contributed by atoms with van der Waals surface area (Å²) < 4.78 is 18.8. The zero-order valence-corrected chi connectivity index (χ0v) is 25.2. The fourth-order valence-corrected chi connectivity index (χ4v) is 6.12. The number of nitrogens with zero attached hydrogens (tertiary/aromatic N) is 1. The summed E-state index contributed by atoms with van der Waals surface area (Å²) in [5.74, 6) is 0.519. The van der Waals surface area contributed by atoms with E-state index in [0.717, 1.165) is 24.2 Å². The van der Waals surface area contributed by atoms with Gasteiger partial charge in [0.05, 0.1) is 16.7 Å². The fraction of sp³-hybridized carbons (Fsp3) is 0.600. The number of carbonyl (C=O) groups excluding carboxylic acids is 2. The van der Waals surface area contributed by atoms with Crippen molar-refractivity contribution in [2.24, 2.45) is 5.41 Å². The van der Waals surface area contributed by atoms with E-state index in [4.69, 9.17) is 13.9 Å². The summed E-state index contributed by atoms with van der Waals surface area (Å²) in [6.07, 6.45) is 1.92. The van der Waals surface area contributed by atoms with Crippen LogP contribution in [0.4, 0.5) is 4.79 Å². The van der Waals surface area contributed by atoms with Crippen molar-refractivity contribution in [3.05, 3.63) is 59.5 Å². The highest BCUT2D eigenvalue weighted by Crippen LogP contribution is 2.53. The number of likely N-dealkylation sites (tertiary alicyclic amines) is 1. The largest absolute Gasteiger partial charge is 0.546 e. The molecule has 0 bridgehead atoms. The monoisotopic (exact) mass is 527 g/mol. The van der Waals surface area contributed by atoms with E-state index in [2.05, 4.69) is 40.4 Å². The summed E-state index contributed by atoms with van der Waals surface area (Å²) >= 11 is 0. The normalized spacial score (nSPS) is 23.2. The molecule has 3 rings (SSSR count). The number of esters is 1. The van der Waals surface area contributed by atoms with E-state index in [1.807, 2.05) is 45.9 Å². The minimum absolute atomic E-state index is 0.0353. The molecule has 1 aliphatic heterocycles. The molecule has 204 valence electrons. The Hall–Kier alpha value is -2.54. The highest BCUT2D eigenvalue weighted by Gasteiger charge is 2.53. The molecule has 2 aliphatic rings. The van der Waals surface area contributed by atoms with Gasteiger partial charge in [-0.2, -0.15) is 0 Å². The number of allylic oxidation sites excluding steroid dienone is 1. The molecule has 1 heterocycles. The summed E-state index contributed by atoms with van der Waals surface area (Å²) in [7, 11) is -2.11. The van der Waals surface area contributed by atoms with Crippen LogP contribution in [0.2, 0.25) is 18.1 Å². The highest BCUT2D eigenvalue weighted by atomic mass is 28.4. The molecule has 6 nitrogen and oxygen atoms in total. The SMILES string of the molecule is C=C1N(C(=O)OC(C)(C)C)CCC[C@]12CCC(O[Si](C)(C)C(C)(C)C)=C(C)[C@H]2OC(=O)c1ccccc1. The van der Waals surface area contributed by atoms with E-state index in [1.165, 1.54) is 0 Å². The van der Waals surface area contributed by atoms with E-state index in [0.29, 0.717) is 30.6 Å². The predicted molar refractivity (Wildman–Crippen MR) is 150 cm³/mol. The first-order valence-corrected chi connectivity index (χ1v) is 16.2. The molecule has 1 amide bonds. The lowest BCUT2D eigenvalue weighted by Crippen LogP contribution is -2.53. The molecule has 1 aromatic rings. The predicted octanol–water partition coefficient (Wildman–Crippen LogP) is 7.83. The Morgan fingerprint density at radius 1 is 1.05 bits per heavy atom. The van der Waals surface area contributed by atoms with Crippen molar-refractivity contribution in [3.63, 3.8) is 0 Å². The first-order chi connectivity index (χ1) is 17.0. The maximum Gasteiger partial charge on any atom is 0.414 e. The molecule has 2 atom stereocenters. The maximum absolute atomic E-state index is 13.3. The van der Waals surface area contributed by atoms with Crippen LogP contribution in [0.15, 0.2) is 53.9 Å². The van der Waals surface area contributed by atoms with Gasteiger partial charge in [0, 0.05) is 24.2 Å². The lowest BCUT2D eigenvalue weighted by molar-refractivity contribution is -0.0296. The van der Waals surface area contributed by atoms with Crippen LogP contribution in [0.25, 0.3) is 0 Å². The standard InChI is InChI=1S/C30H45NO5Si/c1-21-24(36-37(9,10)29(6,7)8)17-19-30(25(21)34-26(32)23-15-12-11-13-16-23)18-14-20-31(22(30)2)27(33)35-28(3,4)5/h11-13,15-16,25H,2,14,17-20H2,1,3-10H3/t25-,30+/m1/s1. The molecule has 0 unspecified atom stereocenters. The topological polar surface area (TPSA) is 65.1 Å². The summed E-state index contributed by atoms with van der Waals surface area (Å²) in [5.41, 5.74) is 0.836. The zero-order valence-electron chi connectivity index (χ0n) is 24.2. The molecule has 1 aromatic carbocycles. The number of ether oxygens (including phenoxy) is 2. The van der Waals surface area contributed by atoms with Crippen LogP contribution >= 0.6 is 0 Å². The maximum atomic E-state index is 13.3. The van der Waals surface area contributed by atoms with Gasteiger partial charge in [0.1, 0.15) is 11.7 Å². The smallest absolute Gasteiger partial charge is 0.414 e. The Morgan fingerprint density at radius 3 is 2.24 bits per heavy atom. The Kier molecular flexibility index (Phi) is 8.09. The van der Waals surface area contributed by atoms with Crippen molar-refractivity contribution in [1.29, 1.82) is 0 Å². The van der Waals surface area contributed by atoms with Gasteiger partial charge in [0.25, 0.3) is 0 Å². The van der Waals surface area contributed by atoms with Gasteiger partial charge in [0.2, 0.25) is 8.32 Å². The van der Waals surface area contributed by atoms with Gasteiger partial charge in [-0.15, -0.1) is 0 Å². The Morgan fingerprint density at radius 2 is 1.68 bits per heavy atom. The molecule has 1 fully saturated rings. The third kappa shape index (κ3) is 6.14. The molecule has 0 radical (unpaired) electrons. The minimum atomic E-state index is -2.11. The molecule has 0 N–H and O–H groups in total. The van der Waals surface area contributed by atoms with Crippen molar-refractivity contribution < 1.29 is 23.5 Å². The van der Waals surface area contributed by atoms with E-state index in [9.17, 15) is 9.59 Å². The van der Waals surface area contributed by atoms with Crippen molar-refractivity contribution in [2.75, 3.05) is 6.54 Å². The summed E-state index contributed by atoms with van der Waals surface area (Å²) in [5, 5.41) is 0.0353. The van der Waals surface area contributed by atoms with Crippen LogP contribution in [-0.2, 0) is 13.9 Å². The second-order valence-electron chi connectivity index (χ2n) is 13.0. The lowest BCUT2D eigenvalue weighted by atomic mass is 9.64. The van der Waals surface area contributed by atoms with Crippen LogP contribution in [0.3, 0.4) is 0 Å². The summed E-state index contributed by atoms with van der Waals surface area (Å²) in [6, 6.07) is 9.04. The molecule has 0 saturated carbocycles. The van der Waals surface area contributed by atoms with E-state index < -0.39 is 31.5 Å². The van der Waals surface area contributed by atoms with Crippen LogP contribution in [-0.4, -0.2) is 43.5 Å². The van der Waals surface area contributed by atoms with Gasteiger partial charge >= 0.3 is 12.1 Å². The average molecular weight is 528 g/mol. The van der Waals surface area contributed by atoms with Crippen molar-refractivity contribution >= 4 is 20.4 Å². The van der Waals surface area contributed by atoms with Crippen LogP contribution in [0, 0.1) is 5.41 Å². The quantitative estimate of drug-likeness (QED) is 0.295. The number of hydrogen-bond donors (Lipinski definition) is 0. The van der Waals surface area contributed by atoms with Gasteiger partial charge in [-0.3, -0.25) is 4.90 Å². The fourth-order valence-electron chi connectivity index (χ4n) is 4.94. The van der Waals surface area contributed by atoms with Crippen molar-refractivity contribution in [3.8, 4) is 0 Å². The molecule has 1 aliphatic carbocycles. The van der Waals surface area contributed by atoms with E-state index >= 15 is 0 Å². The summed E-state index contributed by atoms with van der Waals surface area (Å²) in [4.78, 5) is 28.1. The molecule has 1 spiro atoms. The van der Waals surface area contributed by atoms with Gasteiger partial charge < -0.3 is 13.9 Å². The van der Waals surface area contributed by atoms with Crippen LogP contribution < -0.4 is 0 Å². The van der Waals surface area contributed by atoms with Crippen molar-refractivity contribution in [2.45, 2.75) is 104 Å². The summed E-state index contributed by atoms with van der Waals surface area (Å²) in [6.45, 7) is 23.6. The number of benzene rings is 1. The zero-order chi connectivity index (χ0) is 27.8. The number of rotatable bonds is 4. The second kappa shape index (κ2) is 10.3. The van der Waals surface area contributed by atoms with Gasteiger partial charge in [-0.25, -0.2) is 9.59 Å². The molecule has 1 saturated heterocycles. The van der Waals surface area contributed by atoms with Crippen molar-refractivity contribution in [1.82, 2.24) is 4.90 Å². The third-order valence-electron chi connectivity index (χ3n) is 8.07. The molecule has 0 aromatic heterocycles. The Bertz CT molecular complexity index is 1060. The van der Waals surface area contributed by atoms with Crippen LogP contribution in [0.1, 0.15) is 84.5 Å². The lowest BCUT2D eigenvalue weighted by Gasteiger charge is -2.51. The van der Waals surface area contributed by atoms with E-state index in [-0.39, 0.29) is 11.0 Å². The number of carbonyl (C=O) groups is 2. The number of amides is 1. The van der Waals surface area contributed by atoms with Gasteiger partial charge in [-0.1, -0.05) is 45.5 Å². The molecule has 37 heavy (non-hydrogen) atoms. The number of hydrogen-bond acceptors (Lipinski definition) is 5. The average Bonchev–Trinajstić information content (AvgIpc) is 2.78. The Balaban J connectivity index is 2.03. The van der Waals surface area contributed by atoms with Gasteiger partial charge in [-0.05, 0) is 77.2 Å². The van der Waals surface area contributed by atoms with E-state index in [1.54, 1.807) is 17.0 Å². The highest BCUT2D eigenvalue weighted by molar-refractivity contribution is 6.74. The minimum Gasteiger partial charge on any atom is -0.546 e. The number of piperidine rings is 1. The van der Waals surface area contributed by atoms with Crippen LogP contribution in [0.5, 0.6) is 0 Å². The Labute approximate surface area is 224 Å². The molecular weight excluding hydrogens is 482 g/mol. The molecular formula is C30H45NO5Si. The molecule has 7 heteroatoms.